The molecule has 2 rings (SSSR count). The number of benzene rings is 1. The van der Waals surface area contributed by atoms with Crippen molar-refractivity contribution < 1.29 is 19.4 Å². The van der Waals surface area contributed by atoms with Crippen LogP contribution in [0.1, 0.15) is 29.8 Å². The molecule has 0 unspecified atom stereocenters. The van der Waals surface area contributed by atoms with Gasteiger partial charge in [-0.3, -0.25) is 4.79 Å². The number of aliphatic hydroxyl groups excluding tert-OH is 1. The number of hydrogen-bond acceptors (Lipinski definition) is 4. The van der Waals surface area contributed by atoms with Gasteiger partial charge in [0.15, 0.2) is 11.9 Å². The van der Waals surface area contributed by atoms with Gasteiger partial charge in [-0.05, 0) is 25.8 Å². The van der Waals surface area contributed by atoms with Crippen molar-refractivity contribution in [2.24, 2.45) is 5.92 Å². The maximum absolute atomic E-state index is 12.1. The van der Waals surface area contributed by atoms with Crippen LogP contribution in [-0.2, 0) is 16.0 Å². The van der Waals surface area contributed by atoms with Crippen LogP contribution in [0.2, 0.25) is 0 Å². The zero-order chi connectivity index (χ0) is 13.3. The number of esters is 1. The Balaban J connectivity index is 2.14. The van der Waals surface area contributed by atoms with E-state index in [-0.39, 0.29) is 11.9 Å². The molecular weight excluding hydrogens is 232 g/mol. The number of fused-ring (bicyclic) bond motifs is 1. The van der Waals surface area contributed by atoms with E-state index in [1.54, 1.807) is 26.0 Å². The average Bonchev–Trinajstić information content (AvgIpc) is 2.66. The maximum atomic E-state index is 12.1. The first kappa shape index (κ1) is 12.8. The van der Waals surface area contributed by atoms with Crippen LogP contribution in [0.3, 0.4) is 0 Å². The first-order valence-corrected chi connectivity index (χ1v) is 6.01. The Morgan fingerprint density at radius 1 is 1.39 bits per heavy atom. The first-order valence-electron chi connectivity index (χ1n) is 6.01. The predicted octanol–water partition coefficient (Wildman–Crippen LogP) is 1.35. The highest BCUT2D eigenvalue weighted by molar-refractivity contribution is 6.04. The largest absolute Gasteiger partial charge is 0.461 e. The zero-order valence-electron chi connectivity index (χ0n) is 10.4. The molecule has 96 valence electrons. The van der Waals surface area contributed by atoms with Gasteiger partial charge >= 0.3 is 5.97 Å². The van der Waals surface area contributed by atoms with Gasteiger partial charge in [-0.1, -0.05) is 24.3 Å². The molecule has 0 fully saturated rings. The van der Waals surface area contributed by atoms with Gasteiger partial charge in [0.1, 0.15) is 0 Å². The minimum absolute atomic E-state index is 0.182. The number of rotatable bonds is 3. The van der Waals surface area contributed by atoms with E-state index in [4.69, 9.17) is 4.74 Å². The molecule has 1 aliphatic carbocycles. The van der Waals surface area contributed by atoms with Crippen molar-refractivity contribution in [1.82, 2.24) is 0 Å². The van der Waals surface area contributed by atoms with E-state index in [2.05, 4.69) is 0 Å². The van der Waals surface area contributed by atoms with Crippen molar-refractivity contribution in [2.45, 2.75) is 32.5 Å². The predicted molar refractivity (Wildman–Crippen MR) is 65.2 cm³/mol. The number of carbonyl (C=O) groups is 2. The van der Waals surface area contributed by atoms with Gasteiger partial charge < -0.3 is 9.84 Å². The first-order chi connectivity index (χ1) is 8.50. The van der Waals surface area contributed by atoms with Gasteiger partial charge in [0.25, 0.3) is 0 Å². The Kier molecular flexibility index (Phi) is 3.48. The molecule has 1 aromatic carbocycles. The van der Waals surface area contributed by atoms with E-state index in [9.17, 15) is 14.7 Å². The molecule has 0 heterocycles. The molecular formula is C14H16O4. The summed E-state index contributed by atoms with van der Waals surface area (Å²) < 4.78 is 4.93. The molecule has 0 amide bonds. The molecule has 0 radical (unpaired) electrons. The lowest BCUT2D eigenvalue weighted by molar-refractivity contribution is -0.159. The van der Waals surface area contributed by atoms with E-state index in [0.29, 0.717) is 12.0 Å². The summed E-state index contributed by atoms with van der Waals surface area (Å²) in [5.74, 6) is -1.62. The molecule has 0 spiro atoms. The summed E-state index contributed by atoms with van der Waals surface area (Å²) in [4.78, 5) is 23.7. The topological polar surface area (TPSA) is 63.6 Å². The molecule has 0 aromatic heterocycles. The van der Waals surface area contributed by atoms with Crippen LogP contribution in [0, 0.1) is 5.92 Å². The number of ketones is 1. The standard InChI is InChI=1S/C14H16O4/c1-8(2)18-14(17)13(16)11-7-9-5-3-4-6-10(9)12(11)15/h3-6,8,11,13,16H,7H2,1-2H3/t11-,13+/m0/s1. The number of aliphatic hydroxyl groups is 1. The minimum atomic E-state index is -1.38. The van der Waals surface area contributed by atoms with Crippen LogP contribution in [0.5, 0.6) is 0 Å². The van der Waals surface area contributed by atoms with Crippen LogP contribution >= 0.6 is 0 Å². The molecule has 0 aliphatic heterocycles. The Labute approximate surface area is 106 Å². The van der Waals surface area contributed by atoms with Gasteiger partial charge in [-0.2, -0.15) is 0 Å². The second-order valence-electron chi connectivity index (χ2n) is 4.76. The lowest BCUT2D eigenvalue weighted by atomic mass is 9.98. The molecule has 0 saturated carbocycles. The van der Waals surface area contributed by atoms with Gasteiger partial charge in [0, 0.05) is 5.56 Å². The molecule has 4 heteroatoms. The van der Waals surface area contributed by atoms with Crippen LogP contribution < -0.4 is 0 Å². The van der Waals surface area contributed by atoms with E-state index in [1.807, 2.05) is 12.1 Å². The normalized spacial score (nSPS) is 19.8. The summed E-state index contributed by atoms with van der Waals surface area (Å²) in [5.41, 5.74) is 1.47. The molecule has 1 N–H and O–H groups in total. The molecule has 0 saturated heterocycles. The second-order valence-corrected chi connectivity index (χ2v) is 4.76. The smallest absolute Gasteiger partial charge is 0.335 e. The highest BCUT2D eigenvalue weighted by Crippen LogP contribution is 2.29. The minimum Gasteiger partial charge on any atom is -0.461 e. The van der Waals surface area contributed by atoms with Gasteiger partial charge in [-0.15, -0.1) is 0 Å². The van der Waals surface area contributed by atoms with Gasteiger partial charge in [0.2, 0.25) is 0 Å². The van der Waals surface area contributed by atoms with E-state index >= 15 is 0 Å². The van der Waals surface area contributed by atoms with Crippen molar-refractivity contribution in [2.75, 3.05) is 0 Å². The lowest BCUT2D eigenvalue weighted by Crippen LogP contribution is -2.35. The van der Waals surface area contributed by atoms with Crippen molar-refractivity contribution in [3.63, 3.8) is 0 Å². The quantitative estimate of drug-likeness (QED) is 0.820. The maximum Gasteiger partial charge on any atom is 0.335 e. The van der Waals surface area contributed by atoms with E-state index in [1.165, 1.54) is 0 Å². The number of ether oxygens (including phenoxy) is 1. The highest BCUT2D eigenvalue weighted by Gasteiger charge is 2.39. The summed E-state index contributed by atoms with van der Waals surface area (Å²) in [6.45, 7) is 3.41. The SMILES string of the molecule is CC(C)OC(=O)[C@H](O)[C@H]1Cc2ccccc2C1=O. The third-order valence-electron chi connectivity index (χ3n) is 3.03. The Bertz CT molecular complexity index is 478. The Morgan fingerprint density at radius 3 is 2.67 bits per heavy atom. The Hall–Kier alpha value is -1.68. The summed E-state index contributed by atoms with van der Waals surface area (Å²) in [7, 11) is 0. The monoisotopic (exact) mass is 248 g/mol. The van der Waals surface area contributed by atoms with Crippen LogP contribution in [0.25, 0.3) is 0 Å². The molecule has 0 bridgehead atoms. The van der Waals surface area contributed by atoms with Crippen molar-refractivity contribution >= 4 is 11.8 Å². The molecule has 1 aromatic rings. The van der Waals surface area contributed by atoms with Crippen molar-refractivity contribution in [3.05, 3.63) is 35.4 Å². The summed E-state index contributed by atoms with van der Waals surface area (Å²) in [5, 5.41) is 9.91. The molecule has 2 atom stereocenters. The fourth-order valence-electron chi connectivity index (χ4n) is 2.19. The second kappa shape index (κ2) is 4.90. The third-order valence-corrected chi connectivity index (χ3v) is 3.03. The lowest BCUT2D eigenvalue weighted by Gasteiger charge is -2.17. The number of hydrogen-bond donors (Lipinski definition) is 1. The van der Waals surface area contributed by atoms with Crippen LogP contribution in [-0.4, -0.2) is 29.1 Å². The summed E-state index contributed by atoms with van der Waals surface area (Å²) >= 11 is 0. The molecule has 1 aliphatic rings. The van der Waals surface area contributed by atoms with Crippen molar-refractivity contribution in [3.8, 4) is 0 Å². The average molecular weight is 248 g/mol. The van der Waals surface area contributed by atoms with Gasteiger partial charge in [0.05, 0.1) is 12.0 Å². The molecule has 4 nitrogen and oxygen atoms in total. The third kappa shape index (κ3) is 2.29. The van der Waals surface area contributed by atoms with Crippen LogP contribution in [0.15, 0.2) is 24.3 Å². The van der Waals surface area contributed by atoms with Crippen molar-refractivity contribution in [1.29, 1.82) is 0 Å². The van der Waals surface area contributed by atoms with E-state index in [0.717, 1.165) is 5.56 Å². The fraction of sp³-hybridized carbons (Fsp3) is 0.429. The molecule has 18 heavy (non-hydrogen) atoms. The van der Waals surface area contributed by atoms with Gasteiger partial charge in [-0.25, -0.2) is 4.79 Å². The zero-order valence-corrected chi connectivity index (χ0v) is 10.4. The van der Waals surface area contributed by atoms with E-state index < -0.39 is 18.0 Å². The number of Topliss-reactive ketones (excluding diaryl/α,β-unsaturated/α-hetero) is 1. The summed E-state index contributed by atoms with van der Waals surface area (Å²) in [6, 6.07) is 7.18. The highest BCUT2D eigenvalue weighted by atomic mass is 16.6. The Morgan fingerprint density at radius 2 is 2.06 bits per heavy atom. The fourth-order valence-corrected chi connectivity index (χ4v) is 2.19. The van der Waals surface area contributed by atoms with Crippen LogP contribution in [0.4, 0.5) is 0 Å². The summed E-state index contributed by atoms with van der Waals surface area (Å²) in [6.07, 6.45) is -1.29. The number of carbonyl (C=O) groups excluding carboxylic acids is 2.